The Morgan fingerprint density at radius 1 is 1.24 bits per heavy atom. The van der Waals surface area contributed by atoms with Gasteiger partial charge in [0.05, 0.1) is 19.3 Å². The van der Waals surface area contributed by atoms with Crippen molar-refractivity contribution in [3.05, 3.63) is 83.7 Å². The molecule has 5 nitrogen and oxygen atoms in total. The van der Waals surface area contributed by atoms with E-state index in [2.05, 4.69) is 4.98 Å². The average molecular weight is 396 g/mol. The molecule has 0 spiro atoms. The van der Waals surface area contributed by atoms with Gasteiger partial charge in [-0.05, 0) is 25.5 Å². The summed E-state index contributed by atoms with van der Waals surface area (Å²) in [6, 6.07) is 14.9. The summed E-state index contributed by atoms with van der Waals surface area (Å²) in [6.45, 7) is 2.50. The summed E-state index contributed by atoms with van der Waals surface area (Å²) in [5.41, 5.74) is 2.12. The molecule has 1 aliphatic heterocycles. The Kier molecular flexibility index (Phi) is 5.76. The van der Waals surface area contributed by atoms with Gasteiger partial charge in [-0.1, -0.05) is 36.4 Å². The molecule has 2 unspecified atom stereocenters. The number of halogens is 1. The maximum Gasteiger partial charge on any atom is 0.197 e. The second-order valence-electron chi connectivity index (χ2n) is 7.23. The Bertz CT molecular complexity index is 960. The summed E-state index contributed by atoms with van der Waals surface area (Å²) in [4.78, 5) is 4.19. The van der Waals surface area contributed by atoms with E-state index in [1.165, 1.54) is 6.07 Å². The van der Waals surface area contributed by atoms with Gasteiger partial charge in [0, 0.05) is 42.7 Å². The van der Waals surface area contributed by atoms with Crippen molar-refractivity contribution in [3.8, 4) is 5.69 Å². The molecule has 1 fully saturated rings. The predicted molar refractivity (Wildman–Crippen MR) is 107 cm³/mol. The van der Waals surface area contributed by atoms with Crippen LogP contribution in [0.5, 0.6) is 0 Å². The van der Waals surface area contributed by atoms with Crippen molar-refractivity contribution in [2.45, 2.75) is 38.3 Å². The maximum atomic E-state index is 14.8. The number of imidazole rings is 1. The molecule has 1 aliphatic rings. The van der Waals surface area contributed by atoms with Crippen molar-refractivity contribution >= 4 is 0 Å². The molecule has 1 saturated heterocycles. The molecule has 0 saturated carbocycles. The largest absolute Gasteiger partial charge is 0.381 e. The molecule has 29 heavy (non-hydrogen) atoms. The Morgan fingerprint density at radius 2 is 2.07 bits per heavy atom. The van der Waals surface area contributed by atoms with Crippen molar-refractivity contribution in [1.82, 2.24) is 9.55 Å². The minimum Gasteiger partial charge on any atom is -0.381 e. The number of rotatable bonds is 6. The van der Waals surface area contributed by atoms with Gasteiger partial charge in [0.15, 0.2) is 5.79 Å². The van der Waals surface area contributed by atoms with Gasteiger partial charge in [-0.2, -0.15) is 0 Å². The molecule has 2 atom stereocenters. The number of hydrogen-bond acceptors (Lipinski definition) is 4. The first-order valence-electron chi connectivity index (χ1n) is 9.76. The number of aromatic nitrogens is 2. The lowest BCUT2D eigenvalue weighted by molar-refractivity contribution is -0.288. The molecular weight excluding hydrogens is 371 g/mol. The van der Waals surface area contributed by atoms with Crippen molar-refractivity contribution in [3.63, 3.8) is 0 Å². The minimum absolute atomic E-state index is 0.0281. The zero-order valence-corrected chi connectivity index (χ0v) is 16.7. The topological polar surface area (TPSA) is 45.5 Å². The number of benzene rings is 2. The van der Waals surface area contributed by atoms with E-state index in [4.69, 9.17) is 14.2 Å². The number of hydrogen-bond donors (Lipinski definition) is 0. The fraction of sp³-hybridized carbons (Fsp3) is 0.348. The first-order valence-corrected chi connectivity index (χ1v) is 9.76. The molecule has 2 heterocycles. The highest BCUT2D eigenvalue weighted by molar-refractivity contribution is 5.36. The van der Waals surface area contributed by atoms with E-state index in [9.17, 15) is 4.39 Å². The average Bonchev–Trinajstić information content (AvgIpc) is 3.19. The number of nitrogens with zero attached hydrogens (tertiary/aromatic N) is 2. The Hall–Kier alpha value is -2.54. The number of ether oxygens (including phenoxy) is 3. The van der Waals surface area contributed by atoms with E-state index in [0.29, 0.717) is 18.6 Å². The van der Waals surface area contributed by atoms with Crippen LogP contribution in [-0.2, 0) is 26.6 Å². The molecule has 0 N–H and O–H groups in total. The molecule has 0 bridgehead atoms. The van der Waals surface area contributed by atoms with Gasteiger partial charge in [0.1, 0.15) is 11.6 Å². The zero-order chi connectivity index (χ0) is 20.3. The highest BCUT2D eigenvalue weighted by Gasteiger charge is 2.40. The third-order valence-corrected chi connectivity index (χ3v) is 5.42. The van der Waals surface area contributed by atoms with E-state index in [-0.39, 0.29) is 18.5 Å². The van der Waals surface area contributed by atoms with Crippen LogP contribution in [0.2, 0.25) is 0 Å². The van der Waals surface area contributed by atoms with E-state index in [1.54, 1.807) is 19.4 Å². The summed E-state index contributed by atoms with van der Waals surface area (Å²) in [5, 5.41) is 0. The second-order valence-corrected chi connectivity index (χ2v) is 7.23. The Balaban J connectivity index is 1.57. The lowest BCUT2D eigenvalue weighted by Gasteiger charge is -2.40. The normalized spacial score (nSPS) is 22.0. The molecule has 4 rings (SSSR count). The van der Waals surface area contributed by atoms with Crippen LogP contribution in [0.3, 0.4) is 0 Å². The maximum absolute atomic E-state index is 14.8. The third kappa shape index (κ3) is 4.10. The van der Waals surface area contributed by atoms with Crippen LogP contribution in [0, 0.1) is 12.7 Å². The molecule has 3 aromatic rings. The smallest absolute Gasteiger partial charge is 0.197 e. The quantitative estimate of drug-likeness (QED) is 0.615. The standard InChI is InChI=1S/C23H25FN2O3/c1-17-25-11-12-26(17)20-9-8-18(22(24)14-20)16-29-23(19-6-4-3-5-7-19)15-21(27-2)10-13-28-23/h3-9,11-12,14,21H,10,13,15-16H2,1-2H3. The van der Waals surface area contributed by atoms with Crippen molar-refractivity contribution < 1.29 is 18.6 Å². The van der Waals surface area contributed by atoms with Crippen molar-refractivity contribution in [1.29, 1.82) is 0 Å². The summed E-state index contributed by atoms with van der Waals surface area (Å²) < 4.78 is 34.6. The van der Waals surface area contributed by atoms with Crippen LogP contribution in [0.4, 0.5) is 4.39 Å². The Morgan fingerprint density at radius 3 is 2.76 bits per heavy atom. The Labute approximate surface area is 170 Å². The van der Waals surface area contributed by atoms with E-state index in [0.717, 1.165) is 23.5 Å². The lowest BCUT2D eigenvalue weighted by Crippen LogP contribution is -2.42. The van der Waals surface area contributed by atoms with Gasteiger partial charge in [0.2, 0.25) is 0 Å². The second kappa shape index (κ2) is 8.45. The highest BCUT2D eigenvalue weighted by Crippen LogP contribution is 2.38. The van der Waals surface area contributed by atoms with Crippen LogP contribution in [-0.4, -0.2) is 29.4 Å². The molecule has 6 heteroatoms. The van der Waals surface area contributed by atoms with Gasteiger partial charge >= 0.3 is 0 Å². The summed E-state index contributed by atoms with van der Waals surface area (Å²) in [7, 11) is 1.70. The first kappa shape index (κ1) is 19.8. The van der Waals surface area contributed by atoms with Crippen molar-refractivity contribution in [2.24, 2.45) is 0 Å². The predicted octanol–water partition coefficient (Wildman–Crippen LogP) is 4.51. The first-order chi connectivity index (χ1) is 14.1. The minimum atomic E-state index is -0.952. The third-order valence-electron chi connectivity index (χ3n) is 5.42. The van der Waals surface area contributed by atoms with E-state index >= 15 is 0 Å². The van der Waals surface area contributed by atoms with Crippen LogP contribution < -0.4 is 0 Å². The van der Waals surface area contributed by atoms with Crippen molar-refractivity contribution in [2.75, 3.05) is 13.7 Å². The number of aryl methyl sites for hydroxylation is 1. The van der Waals surface area contributed by atoms with Gasteiger partial charge in [0.25, 0.3) is 0 Å². The summed E-state index contributed by atoms with van der Waals surface area (Å²) >= 11 is 0. The summed E-state index contributed by atoms with van der Waals surface area (Å²) in [6.07, 6.45) is 4.90. The zero-order valence-electron chi connectivity index (χ0n) is 16.7. The molecular formula is C23H25FN2O3. The van der Waals surface area contributed by atoms with Gasteiger partial charge in [-0.25, -0.2) is 9.37 Å². The van der Waals surface area contributed by atoms with Crippen LogP contribution in [0.1, 0.15) is 29.8 Å². The fourth-order valence-electron chi connectivity index (χ4n) is 3.74. The SMILES string of the molecule is COC1CCOC(OCc2ccc(-n3ccnc3C)cc2F)(c2ccccc2)C1. The molecule has 2 aromatic carbocycles. The van der Waals surface area contributed by atoms with Crippen LogP contribution >= 0.6 is 0 Å². The van der Waals surface area contributed by atoms with Gasteiger partial charge < -0.3 is 18.8 Å². The molecule has 0 aliphatic carbocycles. The molecule has 152 valence electrons. The highest BCUT2D eigenvalue weighted by atomic mass is 19.1. The fourth-order valence-corrected chi connectivity index (χ4v) is 3.74. The molecule has 0 radical (unpaired) electrons. The van der Waals surface area contributed by atoms with Crippen LogP contribution in [0.25, 0.3) is 5.69 Å². The van der Waals surface area contributed by atoms with E-state index < -0.39 is 5.79 Å². The number of methoxy groups -OCH3 is 1. The molecule has 0 amide bonds. The summed E-state index contributed by atoms with van der Waals surface area (Å²) in [5.74, 6) is -0.470. The monoisotopic (exact) mass is 396 g/mol. The van der Waals surface area contributed by atoms with Gasteiger partial charge in [-0.15, -0.1) is 0 Å². The van der Waals surface area contributed by atoms with Gasteiger partial charge in [-0.3, -0.25) is 0 Å². The van der Waals surface area contributed by atoms with Crippen LogP contribution in [0.15, 0.2) is 60.9 Å². The van der Waals surface area contributed by atoms with E-state index in [1.807, 2.05) is 54.1 Å². The lowest BCUT2D eigenvalue weighted by atomic mass is 9.95. The molecule has 1 aromatic heterocycles.